The number of halogens is 1. The Morgan fingerprint density at radius 1 is 1.03 bits per heavy atom. The first-order valence-electron chi connectivity index (χ1n) is 11.9. The van der Waals surface area contributed by atoms with E-state index in [1.807, 2.05) is 19.9 Å². The van der Waals surface area contributed by atoms with E-state index in [4.69, 9.17) is 9.47 Å². The SMILES string of the molecule is CCOc1cc(/C=C2\C(=O)NC(=O)N(c3cc(C)ccc3C)C2=O)cc(I)c1OCc1ccc([N+](=O)[O-])cc1. The van der Waals surface area contributed by atoms with Gasteiger partial charge in [0, 0.05) is 12.1 Å². The predicted octanol–water partition coefficient (Wildman–Crippen LogP) is 5.46. The number of nitro benzene ring substituents is 1. The fraction of sp³-hybridized carbons (Fsp3) is 0.179. The number of urea groups is 1. The minimum atomic E-state index is -0.810. The summed E-state index contributed by atoms with van der Waals surface area (Å²) in [6.07, 6.45) is 1.41. The van der Waals surface area contributed by atoms with Gasteiger partial charge in [-0.15, -0.1) is 0 Å². The second kappa shape index (κ2) is 11.6. The highest BCUT2D eigenvalue weighted by Gasteiger charge is 2.37. The molecule has 0 unspecified atom stereocenters. The van der Waals surface area contributed by atoms with Crippen LogP contribution in [0.15, 0.2) is 60.2 Å². The molecule has 1 aliphatic rings. The number of non-ortho nitro benzene ring substituents is 1. The van der Waals surface area contributed by atoms with E-state index >= 15 is 0 Å². The van der Waals surface area contributed by atoms with Crippen LogP contribution in [0.5, 0.6) is 11.5 Å². The summed E-state index contributed by atoms with van der Waals surface area (Å²) >= 11 is 2.06. The molecular formula is C28H24IN3O7. The van der Waals surface area contributed by atoms with Crippen molar-refractivity contribution in [3.05, 3.63) is 96.1 Å². The zero-order valence-electron chi connectivity index (χ0n) is 21.3. The highest BCUT2D eigenvalue weighted by Crippen LogP contribution is 2.36. The van der Waals surface area contributed by atoms with Crippen LogP contribution < -0.4 is 19.7 Å². The fourth-order valence-electron chi connectivity index (χ4n) is 3.95. The van der Waals surface area contributed by atoms with Crippen LogP contribution in [0.4, 0.5) is 16.2 Å². The molecule has 39 heavy (non-hydrogen) atoms. The van der Waals surface area contributed by atoms with Crippen molar-refractivity contribution < 1.29 is 28.8 Å². The summed E-state index contributed by atoms with van der Waals surface area (Å²) in [4.78, 5) is 50.1. The van der Waals surface area contributed by atoms with Crippen LogP contribution in [0.2, 0.25) is 0 Å². The molecule has 0 spiro atoms. The molecule has 200 valence electrons. The van der Waals surface area contributed by atoms with Crippen LogP contribution >= 0.6 is 22.6 Å². The van der Waals surface area contributed by atoms with Gasteiger partial charge in [0.25, 0.3) is 17.5 Å². The molecule has 0 bridgehead atoms. The van der Waals surface area contributed by atoms with Gasteiger partial charge >= 0.3 is 6.03 Å². The van der Waals surface area contributed by atoms with Crippen molar-refractivity contribution in [3.63, 3.8) is 0 Å². The van der Waals surface area contributed by atoms with Crippen molar-refractivity contribution in [3.8, 4) is 11.5 Å². The third kappa shape index (κ3) is 6.08. The molecule has 3 aromatic rings. The van der Waals surface area contributed by atoms with E-state index in [2.05, 4.69) is 27.9 Å². The highest BCUT2D eigenvalue weighted by atomic mass is 127. The second-order valence-corrected chi connectivity index (χ2v) is 9.89. The van der Waals surface area contributed by atoms with E-state index < -0.39 is 22.8 Å². The van der Waals surface area contributed by atoms with Crippen LogP contribution in [-0.2, 0) is 16.2 Å². The molecule has 0 saturated carbocycles. The normalized spacial score (nSPS) is 14.4. The maximum atomic E-state index is 13.4. The van der Waals surface area contributed by atoms with Gasteiger partial charge in [-0.3, -0.25) is 25.0 Å². The first-order valence-corrected chi connectivity index (χ1v) is 13.0. The number of imide groups is 2. The third-order valence-corrected chi connectivity index (χ3v) is 6.68. The predicted molar refractivity (Wildman–Crippen MR) is 153 cm³/mol. The second-order valence-electron chi connectivity index (χ2n) is 8.72. The fourth-order valence-corrected chi connectivity index (χ4v) is 4.73. The largest absolute Gasteiger partial charge is 0.490 e. The van der Waals surface area contributed by atoms with Crippen molar-refractivity contribution in [2.24, 2.45) is 0 Å². The summed E-state index contributed by atoms with van der Waals surface area (Å²) in [5.74, 6) is -0.684. The summed E-state index contributed by atoms with van der Waals surface area (Å²) in [6.45, 7) is 5.91. The molecule has 11 heteroatoms. The Bertz CT molecular complexity index is 1520. The van der Waals surface area contributed by atoms with E-state index in [0.29, 0.717) is 38.5 Å². The lowest BCUT2D eigenvalue weighted by atomic mass is 10.0. The van der Waals surface area contributed by atoms with Crippen LogP contribution in [0, 0.1) is 27.5 Å². The molecule has 10 nitrogen and oxygen atoms in total. The number of anilines is 1. The third-order valence-electron chi connectivity index (χ3n) is 5.88. The quantitative estimate of drug-likeness (QED) is 0.114. The summed E-state index contributed by atoms with van der Waals surface area (Å²) in [5.41, 5.74) is 2.98. The average molecular weight is 641 g/mol. The Morgan fingerprint density at radius 2 is 1.74 bits per heavy atom. The average Bonchev–Trinajstić information content (AvgIpc) is 2.88. The lowest BCUT2D eigenvalue weighted by Gasteiger charge is -2.28. The Labute approximate surface area is 237 Å². The van der Waals surface area contributed by atoms with Gasteiger partial charge in [0.1, 0.15) is 12.2 Å². The number of rotatable bonds is 8. The Balaban J connectivity index is 1.65. The zero-order valence-corrected chi connectivity index (χ0v) is 23.5. The Hall–Kier alpha value is -4.26. The number of carbonyl (C=O) groups is 3. The molecule has 1 N–H and O–H groups in total. The van der Waals surface area contributed by atoms with Crippen LogP contribution in [0.3, 0.4) is 0 Å². The van der Waals surface area contributed by atoms with Gasteiger partial charge in [0.2, 0.25) is 0 Å². The number of nitro groups is 1. The maximum Gasteiger partial charge on any atom is 0.335 e. The van der Waals surface area contributed by atoms with Crippen molar-refractivity contribution in [1.82, 2.24) is 5.32 Å². The number of hydrogen-bond donors (Lipinski definition) is 1. The van der Waals surface area contributed by atoms with Crippen LogP contribution in [0.25, 0.3) is 6.08 Å². The van der Waals surface area contributed by atoms with Crippen molar-refractivity contribution >= 4 is 57.9 Å². The number of benzene rings is 3. The number of amides is 4. The van der Waals surface area contributed by atoms with E-state index in [9.17, 15) is 24.5 Å². The smallest absolute Gasteiger partial charge is 0.335 e. The van der Waals surface area contributed by atoms with Gasteiger partial charge in [-0.25, -0.2) is 9.69 Å². The van der Waals surface area contributed by atoms with E-state index in [0.717, 1.165) is 16.0 Å². The number of hydrogen-bond acceptors (Lipinski definition) is 7. The monoisotopic (exact) mass is 641 g/mol. The molecule has 1 aliphatic heterocycles. The molecule has 3 aromatic carbocycles. The lowest BCUT2D eigenvalue weighted by molar-refractivity contribution is -0.384. The maximum absolute atomic E-state index is 13.4. The van der Waals surface area contributed by atoms with E-state index in [1.54, 1.807) is 43.3 Å². The highest BCUT2D eigenvalue weighted by molar-refractivity contribution is 14.1. The van der Waals surface area contributed by atoms with Crippen LogP contribution in [0.1, 0.15) is 29.2 Å². The minimum absolute atomic E-state index is 0.0140. The van der Waals surface area contributed by atoms with Gasteiger partial charge < -0.3 is 9.47 Å². The van der Waals surface area contributed by atoms with E-state index in [1.165, 1.54) is 18.2 Å². The summed E-state index contributed by atoms with van der Waals surface area (Å²) in [5, 5.41) is 13.1. The molecule has 1 heterocycles. The molecule has 0 aliphatic carbocycles. The van der Waals surface area contributed by atoms with E-state index in [-0.39, 0.29) is 17.9 Å². The minimum Gasteiger partial charge on any atom is -0.490 e. The van der Waals surface area contributed by atoms with Crippen LogP contribution in [-0.4, -0.2) is 29.4 Å². The van der Waals surface area contributed by atoms with Gasteiger partial charge in [0.05, 0.1) is 20.8 Å². The standard InChI is InChI=1S/C28H24IN3O7/c1-4-38-24-14-19(13-22(29)25(24)39-15-18-7-9-20(10-8-18)32(36)37)12-21-26(33)30-28(35)31(27(21)34)23-11-16(2)5-6-17(23)3/h5-14H,4,15H2,1-3H3,(H,30,33,35)/b21-12+. The van der Waals surface area contributed by atoms with Gasteiger partial charge in [-0.2, -0.15) is 0 Å². The molecule has 0 aromatic heterocycles. The number of aryl methyl sites for hydroxylation is 2. The molecule has 0 atom stereocenters. The Morgan fingerprint density at radius 3 is 2.41 bits per heavy atom. The number of barbiturate groups is 1. The van der Waals surface area contributed by atoms with Crippen molar-refractivity contribution in [2.45, 2.75) is 27.4 Å². The summed E-state index contributed by atoms with van der Waals surface area (Å²) < 4.78 is 12.4. The summed E-state index contributed by atoms with van der Waals surface area (Å²) in [7, 11) is 0. The number of ether oxygens (including phenoxy) is 2. The molecule has 4 rings (SSSR count). The molecule has 1 saturated heterocycles. The molecule has 1 fully saturated rings. The topological polar surface area (TPSA) is 128 Å². The van der Waals surface area contributed by atoms with Gasteiger partial charge in [0.15, 0.2) is 11.5 Å². The molecule has 0 radical (unpaired) electrons. The first kappa shape index (κ1) is 27.8. The summed E-state index contributed by atoms with van der Waals surface area (Å²) in [6, 6.07) is 14.0. The Kier molecular flexibility index (Phi) is 8.29. The van der Waals surface area contributed by atoms with Crippen molar-refractivity contribution in [2.75, 3.05) is 11.5 Å². The number of carbonyl (C=O) groups excluding carboxylic acids is 3. The van der Waals surface area contributed by atoms with Crippen molar-refractivity contribution in [1.29, 1.82) is 0 Å². The zero-order chi connectivity index (χ0) is 28.3. The molecule has 4 amide bonds. The van der Waals surface area contributed by atoms with Gasteiger partial charge in [-0.05, 0) is 102 Å². The van der Waals surface area contributed by atoms with Gasteiger partial charge in [-0.1, -0.05) is 12.1 Å². The lowest BCUT2D eigenvalue weighted by Crippen LogP contribution is -2.54. The first-order chi connectivity index (χ1) is 18.6. The number of nitrogens with zero attached hydrogens (tertiary/aromatic N) is 2. The number of nitrogens with one attached hydrogen (secondary N) is 1. The molecular weight excluding hydrogens is 617 g/mol.